The second-order valence-electron chi connectivity index (χ2n) is 6.73. The highest BCUT2D eigenvalue weighted by atomic mass is 35.5. The van der Waals surface area contributed by atoms with E-state index in [-0.39, 0.29) is 36.7 Å². The van der Waals surface area contributed by atoms with Gasteiger partial charge in [-0.2, -0.15) is 13.2 Å². The third-order valence-electron chi connectivity index (χ3n) is 4.75. The lowest BCUT2D eigenvalue weighted by Gasteiger charge is -2.38. The van der Waals surface area contributed by atoms with Crippen LogP contribution in [0.25, 0.3) is 0 Å². The first-order chi connectivity index (χ1) is 13.5. The maximum atomic E-state index is 13.0. The van der Waals surface area contributed by atoms with Crippen molar-refractivity contribution in [2.45, 2.75) is 29.2 Å². The van der Waals surface area contributed by atoms with Crippen LogP contribution >= 0.6 is 11.6 Å². The Labute approximate surface area is 170 Å². The molecule has 1 aliphatic rings. The Morgan fingerprint density at radius 2 is 1.72 bits per heavy atom. The normalized spacial score (nSPS) is 15.3. The van der Waals surface area contributed by atoms with Crippen molar-refractivity contribution < 1.29 is 30.8 Å². The molecule has 0 bridgehead atoms. The molecule has 1 fully saturated rings. The first kappa shape index (κ1) is 21.6. The van der Waals surface area contributed by atoms with Crippen LogP contribution in [0, 0.1) is 5.82 Å². The minimum atomic E-state index is -4.59. The Hall–Kier alpha value is -2.13. The first-order valence-electron chi connectivity index (χ1n) is 8.61. The van der Waals surface area contributed by atoms with Gasteiger partial charge in [-0.3, -0.25) is 4.79 Å². The van der Waals surface area contributed by atoms with Crippen LogP contribution in [0.2, 0.25) is 5.02 Å². The van der Waals surface area contributed by atoms with E-state index in [1.165, 1.54) is 23.1 Å². The van der Waals surface area contributed by atoms with Gasteiger partial charge in [0.2, 0.25) is 5.91 Å². The van der Waals surface area contributed by atoms with E-state index in [1.807, 2.05) is 0 Å². The van der Waals surface area contributed by atoms with Crippen molar-refractivity contribution in [1.82, 2.24) is 4.90 Å². The van der Waals surface area contributed by atoms with Crippen LogP contribution in [0.4, 0.5) is 17.6 Å². The fourth-order valence-electron chi connectivity index (χ4n) is 3.01. The largest absolute Gasteiger partial charge is 0.417 e. The third-order valence-corrected chi connectivity index (χ3v) is 7.18. The van der Waals surface area contributed by atoms with Gasteiger partial charge in [0.15, 0.2) is 9.84 Å². The van der Waals surface area contributed by atoms with E-state index in [2.05, 4.69) is 0 Å². The minimum Gasteiger partial charge on any atom is -0.340 e. The lowest BCUT2D eigenvalue weighted by molar-refractivity contribution is -0.137. The molecule has 0 aliphatic carbocycles. The topological polar surface area (TPSA) is 54.5 Å². The van der Waals surface area contributed by atoms with Gasteiger partial charge in [-0.1, -0.05) is 17.7 Å². The zero-order valence-electron chi connectivity index (χ0n) is 14.9. The van der Waals surface area contributed by atoms with Gasteiger partial charge in [0.25, 0.3) is 0 Å². The molecule has 10 heteroatoms. The van der Waals surface area contributed by atoms with Crippen molar-refractivity contribution >= 4 is 27.3 Å². The number of alkyl halides is 3. The molecule has 1 amide bonds. The van der Waals surface area contributed by atoms with Crippen LogP contribution in [0.3, 0.4) is 0 Å². The average Bonchev–Trinajstić information content (AvgIpc) is 2.59. The predicted molar refractivity (Wildman–Crippen MR) is 98.7 cm³/mol. The number of hydrogen-bond donors (Lipinski definition) is 0. The van der Waals surface area contributed by atoms with Crippen molar-refractivity contribution in [3.63, 3.8) is 0 Å². The fourth-order valence-corrected chi connectivity index (χ4v) is 4.89. The number of sulfone groups is 1. The monoisotopic (exact) mass is 449 g/mol. The van der Waals surface area contributed by atoms with Crippen LogP contribution < -0.4 is 0 Å². The van der Waals surface area contributed by atoms with Crippen molar-refractivity contribution in [2.75, 3.05) is 13.1 Å². The zero-order valence-corrected chi connectivity index (χ0v) is 16.5. The number of benzene rings is 2. The van der Waals surface area contributed by atoms with Gasteiger partial charge < -0.3 is 4.90 Å². The molecule has 2 aromatic carbocycles. The number of hydrogen-bond acceptors (Lipinski definition) is 3. The number of aryl methyl sites for hydroxylation is 1. The van der Waals surface area contributed by atoms with Crippen molar-refractivity contribution in [1.29, 1.82) is 0 Å². The second kappa shape index (κ2) is 7.95. The molecule has 3 rings (SSSR count). The molecule has 0 radical (unpaired) electrons. The molecule has 0 saturated carbocycles. The number of carbonyl (C=O) groups excluding carboxylic acids is 1. The Bertz CT molecular complexity index is 1020. The lowest BCUT2D eigenvalue weighted by atomic mass is 10.0. The average molecular weight is 450 g/mol. The molecule has 0 unspecified atom stereocenters. The summed E-state index contributed by atoms with van der Waals surface area (Å²) < 4.78 is 76.6. The van der Waals surface area contributed by atoms with Gasteiger partial charge in [0, 0.05) is 19.5 Å². The van der Waals surface area contributed by atoms with E-state index in [1.54, 1.807) is 0 Å². The standard InChI is InChI=1S/C19H16ClF4NO3S/c20-17-7-1-12(9-16(17)19(22,23)24)2-8-18(26)25-10-15(11-25)29(27,28)14-5-3-13(21)4-6-14/h1,3-7,9,15H,2,8,10-11H2. The summed E-state index contributed by atoms with van der Waals surface area (Å²) in [5.41, 5.74) is -0.649. The number of carbonyl (C=O) groups is 1. The van der Waals surface area contributed by atoms with Crippen LogP contribution in [0.15, 0.2) is 47.4 Å². The highest BCUT2D eigenvalue weighted by molar-refractivity contribution is 7.92. The summed E-state index contributed by atoms with van der Waals surface area (Å²) in [6.45, 7) is -0.0140. The maximum absolute atomic E-state index is 13.0. The van der Waals surface area contributed by atoms with Crippen LogP contribution in [0.5, 0.6) is 0 Å². The van der Waals surface area contributed by atoms with E-state index in [0.717, 1.165) is 24.3 Å². The lowest BCUT2D eigenvalue weighted by Crippen LogP contribution is -2.56. The number of rotatable bonds is 5. The molecule has 0 spiro atoms. The van der Waals surface area contributed by atoms with E-state index >= 15 is 0 Å². The molecular weight excluding hydrogens is 434 g/mol. The summed E-state index contributed by atoms with van der Waals surface area (Å²) >= 11 is 5.57. The molecule has 1 aliphatic heterocycles. The van der Waals surface area contributed by atoms with Crippen LogP contribution in [-0.4, -0.2) is 37.6 Å². The molecule has 0 atom stereocenters. The SMILES string of the molecule is O=C(CCc1ccc(Cl)c(C(F)(F)F)c1)N1CC(S(=O)(=O)c2ccc(F)cc2)C1. The maximum Gasteiger partial charge on any atom is 0.417 e. The first-order valence-corrected chi connectivity index (χ1v) is 10.5. The Balaban J connectivity index is 1.57. The summed E-state index contributed by atoms with van der Waals surface area (Å²) in [7, 11) is -3.68. The van der Waals surface area contributed by atoms with E-state index in [4.69, 9.17) is 11.6 Å². The highest BCUT2D eigenvalue weighted by Crippen LogP contribution is 2.35. The van der Waals surface area contributed by atoms with Gasteiger partial charge in [0.05, 0.1) is 15.5 Å². The van der Waals surface area contributed by atoms with Crippen LogP contribution in [0.1, 0.15) is 17.5 Å². The fraction of sp³-hybridized carbons (Fsp3) is 0.316. The van der Waals surface area contributed by atoms with Crippen molar-refractivity contribution in [3.05, 3.63) is 64.4 Å². The van der Waals surface area contributed by atoms with Gasteiger partial charge >= 0.3 is 6.18 Å². The van der Waals surface area contributed by atoms with Gasteiger partial charge in [0.1, 0.15) is 11.1 Å². The summed E-state index contributed by atoms with van der Waals surface area (Å²) in [6, 6.07) is 7.92. The molecule has 156 valence electrons. The molecule has 0 N–H and O–H groups in total. The molecule has 1 heterocycles. The van der Waals surface area contributed by atoms with Crippen molar-refractivity contribution in [2.24, 2.45) is 0 Å². The number of halogens is 5. The molecular formula is C19H16ClF4NO3S. The number of likely N-dealkylation sites (tertiary alicyclic amines) is 1. The van der Waals surface area contributed by atoms with Crippen LogP contribution in [-0.2, 0) is 27.2 Å². The number of nitrogens with zero attached hydrogens (tertiary/aromatic N) is 1. The molecule has 29 heavy (non-hydrogen) atoms. The van der Waals surface area contributed by atoms with E-state index < -0.39 is 37.7 Å². The molecule has 1 saturated heterocycles. The quantitative estimate of drug-likeness (QED) is 0.510. The summed E-state index contributed by atoms with van der Waals surface area (Å²) in [6.07, 6.45) is -4.57. The Kier molecular flexibility index (Phi) is 5.91. The Morgan fingerprint density at radius 3 is 2.31 bits per heavy atom. The minimum absolute atomic E-state index is 0.00698. The van der Waals surface area contributed by atoms with Crippen molar-refractivity contribution in [3.8, 4) is 0 Å². The molecule has 2 aromatic rings. The summed E-state index contributed by atoms with van der Waals surface area (Å²) in [5.74, 6) is -0.899. The Morgan fingerprint density at radius 1 is 1.10 bits per heavy atom. The third kappa shape index (κ3) is 4.72. The predicted octanol–water partition coefficient (Wildman–Crippen LogP) is 4.12. The molecule has 4 nitrogen and oxygen atoms in total. The summed E-state index contributed by atoms with van der Waals surface area (Å²) in [5, 5.41) is -1.20. The van der Waals surface area contributed by atoms with E-state index in [0.29, 0.717) is 5.56 Å². The zero-order chi connectivity index (χ0) is 21.4. The summed E-state index contributed by atoms with van der Waals surface area (Å²) in [4.78, 5) is 13.6. The highest BCUT2D eigenvalue weighted by Gasteiger charge is 2.40. The van der Waals surface area contributed by atoms with Gasteiger partial charge in [-0.05, 0) is 48.4 Å². The second-order valence-corrected chi connectivity index (χ2v) is 9.37. The van der Waals surface area contributed by atoms with Gasteiger partial charge in [-0.25, -0.2) is 12.8 Å². The smallest absolute Gasteiger partial charge is 0.340 e. The number of amides is 1. The molecule has 0 aromatic heterocycles. The van der Waals surface area contributed by atoms with Gasteiger partial charge in [-0.15, -0.1) is 0 Å². The van der Waals surface area contributed by atoms with E-state index in [9.17, 15) is 30.8 Å².